The van der Waals surface area contributed by atoms with E-state index in [1.165, 1.54) is 16.8 Å². The van der Waals surface area contributed by atoms with Crippen molar-refractivity contribution in [3.63, 3.8) is 0 Å². The fourth-order valence-electron chi connectivity index (χ4n) is 2.39. The molecule has 3 heteroatoms. The molecule has 0 N–H and O–H groups in total. The third kappa shape index (κ3) is 2.01. The van der Waals surface area contributed by atoms with Crippen molar-refractivity contribution in [1.82, 2.24) is 0 Å². The van der Waals surface area contributed by atoms with E-state index >= 15 is 0 Å². The van der Waals surface area contributed by atoms with Crippen molar-refractivity contribution in [1.29, 1.82) is 0 Å². The Balaban J connectivity index is 2.16. The van der Waals surface area contributed by atoms with Gasteiger partial charge in [0.25, 0.3) is 6.67 Å². The van der Waals surface area contributed by atoms with E-state index < -0.39 is 0 Å². The lowest BCUT2D eigenvalue weighted by molar-refractivity contribution is -0.509. The fourth-order valence-corrected chi connectivity index (χ4v) is 2.39. The van der Waals surface area contributed by atoms with Crippen molar-refractivity contribution in [2.24, 2.45) is 5.11 Å². The molecule has 1 aliphatic heterocycles. The third-order valence-corrected chi connectivity index (χ3v) is 3.71. The van der Waals surface area contributed by atoms with Gasteiger partial charge in [-0.1, -0.05) is 29.0 Å². The summed E-state index contributed by atoms with van der Waals surface area (Å²) in [6.07, 6.45) is 0. The van der Waals surface area contributed by atoms with Crippen LogP contribution in [0.25, 0.3) is 0 Å². The first-order valence-electron chi connectivity index (χ1n) is 6.52. The average molecular weight is 252 g/mol. The van der Waals surface area contributed by atoms with Crippen molar-refractivity contribution in [2.75, 3.05) is 18.6 Å². The number of rotatable bonds is 1. The number of anilines is 1. The smallest absolute Gasteiger partial charge is 0.250 e. The molecule has 3 rings (SSSR count). The molecule has 19 heavy (non-hydrogen) atoms. The molecule has 0 unspecified atom stereocenters. The molecule has 1 heterocycles. The highest BCUT2D eigenvalue weighted by Crippen LogP contribution is 2.37. The van der Waals surface area contributed by atoms with Gasteiger partial charge in [-0.3, -0.25) is 0 Å². The number of nitrogens with zero attached hydrogens (tertiary/aromatic N) is 3. The van der Waals surface area contributed by atoms with E-state index in [1.807, 2.05) is 18.2 Å². The number of hydrogen-bond donors (Lipinski definition) is 0. The van der Waals surface area contributed by atoms with E-state index in [-0.39, 0.29) is 0 Å². The Kier molecular flexibility index (Phi) is 2.82. The second-order valence-electron chi connectivity index (χ2n) is 5.05. The molecule has 0 bridgehead atoms. The summed E-state index contributed by atoms with van der Waals surface area (Å²) in [5, 5.41) is 4.82. The van der Waals surface area contributed by atoms with E-state index in [4.69, 9.17) is 5.11 Å². The van der Waals surface area contributed by atoms with Gasteiger partial charge in [-0.15, -0.1) is 0 Å². The van der Waals surface area contributed by atoms with Crippen molar-refractivity contribution in [2.45, 2.75) is 13.8 Å². The van der Waals surface area contributed by atoms with Crippen LogP contribution in [-0.4, -0.2) is 18.4 Å². The molecule has 0 aliphatic carbocycles. The number of aryl methyl sites for hydroxylation is 1. The molecule has 0 saturated heterocycles. The molecule has 0 saturated carbocycles. The summed E-state index contributed by atoms with van der Waals surface area (Å²) >= 11 is 0. The second kappa shape index (κ2) is 4.50. The van der Waals surface area contributed by atoms with Crippen molar-refractivity contribution in [3.05, 3.63) is 53.6 Å². The Morgan fingerprint density at radius 2 is 1.79 bits per heavy atom. The fraction of sp³-hybridized carbons (Fsp3) is 0.250. The second-order valence-corrected chi connectivity index (χ2v) is 5.05. The maximum atomic E-state index is 4.82. The van der Waals surface area contributed by atoms with Gasteiger partial charge in [0.15, 0.2) is 5.69 Å². The summed E-state index contributed by atoms with van der Waals surface area (Å²) in [7, 11) is 2.11. The number of para-hydroxylation sites is 1. The van der Waals surface area contributed by atoms with Gasteiger partial charge in [-0.05, 0) is 31.0 Å². The van der Waals surface area contributed by atoms with Gasteiger partial charge in [0.1, 0.15) is 0 Å². The predicted octanol–water partition coefficient (Wildman–Crippen LogP) is 4.14. The van der Waals surface area contributed by atoms with E-state index in [0.717, 1.165) is 18.0 Å². The van der Waals surface area contributed by atoms with Crippen molar-refractivity contribution >= 4 is 17.1 Å². The molecule has 1 aliphatic rings. The van der Waals surface area contributed by atoms with Gasteiger partial charge in [0.05, 0.1) is 5.69 Å². The minimum atomic E-state index is 0.777. The first-order chi connectivity index (χ1) is 9.16. The molecule has 2 aromatic carbocycles. The minimum absolute atomic E-state index is 0.777. The van der Waals surface area contributed by atoms with E-state index in [2.05, 4.69) is 54.8 Å². The minimum Gasteiger partial charge on any atom is -0.315 e. The number of hydrogen-bond acceptors (Lipinski definition) is 2. The molecule has 96 valence electrons. The van der Waals surface area contributed by atoms with Crippen LogP contribution >= 0.6 is 0 Å². The summed E-state index contributed by atoms with van der Waals surface area (Å²) in [5.41, 5.74) is 5.95. The summed E-state index contributed by atoms with van der Waals surface area (Å²) in [5.74, 6) is 0. The van der Waals surface area contributed by atoms with Crippen LogP contribution in [0.15, 0.2) is 47.6 Å². The van der Waals surface area contributed by atoms with Crippen LogP contribution in [0.3, 0.4) is 0 Å². The summed E-state index contributed by atoms with van der Waals surface area (Å²) in [6.45, 7) is 5.05. The molecule has 0 aromatic heterocycles. The number of azo groups is 2. The molecule has 0 radical (unpaired) electrons. The standard InChI is InChI=1S/C16H18N3/c1-12-9-10-15-16(13(12)2)17-19(11-18(15)3)14-7-5-4-6-8-14/h4-10H,11H2,1-3H3/q+1. The first kappa shape index (κ1) is 11.9. The number of benzene rings is 2. The van der Waals surface area contributed by atoms with Crippen molar-refractivity contribution < 1.29 is 4.70 Å². The number of fused-ring (bicyclic) bond motifs is 1. The lowest BCUT2D eigenvalue weighted by atomic mass is 10.1. The Hall–Kier alpha value is -2.16. The van der Waals surface area contributed by atoms with E-state index in [9.17, 15) is 0 Å². The van der Waals surface area contributed by atoms with Gasteiger partial charge in [0.2, 0.25) is 5.69 Å². The van der Waals surface area contributed by atoms with Gasteiger partial charge < -0.3 is 4.90 Å². The molecular formula is C16H18N3+. The Morgan fingerprint density at radius 3 is 2.53 bits per heavy atom. The zero-order chi connectivity index (χ0) is 13.4. The third-order valence-electron chi connectivity index (χ3n) is 3.71. The molecule has 0 atom stereocenters. The predicted molar refractivity (Wildman–Crippen MR) is 77.6 cm³/mol. The van der Waals surface area contributed by atoms with Crippen LogP contribution < -0.4 is 4.90 Å². The van der Waals surface area contributed by atoms with Crippen LogP contribution in [0.1, 0.15) is 11.1 Å². The van der Waals surface area contributed by atoms with Gasteiger partial charge >= 0.3 is 0 Å². The van der Waals surface area contributed by atoms with Crippen LogP contribution in [0.5, 0.6) is 0 Å². The SMILES string of the molecule is Cc1ccc2c(c1C)N=[N+](c1ccccc1)CN2C. The average Bonchev–Trinajstić information content (AvgIpc) is 2.44. The maximum absolute atomic E-state index is 4.82. The monoisotopic (exact) mass is 252 g/mol. The van der Waals surface area contributed by atoms with Crippen LogP contribution in [0.2, 0.25) is 0 Å². The molecular weight excluding hydrogens is 234 g/mol. The molecule has 0 fully saturated rings. The Labute approximate surface area is 113 Å². The van der Waals surface area contributed by atoms with Crippen LogP contribution in [-0.2, 0) is 0 Å². The maximum Gasteiger partial charge on any atom is 0.250 e. The van der Waals surface area contributed by atoms with Crippen LogP contribution in [0.4, 0.5) is 17.1 Å². The zero-order valence-electron chi connectivity index (χ0n) is 11.6. The zero-order valence-corrected chi connectivity index (χ0v) is 11.6. The Bertz CT molecular complexity index is 645. The highest BCUT2D eigenvalue weighted by Gasteiger charge is 2.25. The highest BCUT2D eigenvalue weighted by molar-refractivity contribution is 5.71. The van der Waals surface area contributed by atoms with E-state index in [0.29, 0.717) is 0 Å². The quantitative estimate of drug-likeness (QED) is 0.698. The van der Waals surface area contributed by atoms with Crippen LogP contribution in [0, 0.1) is 13.8 Å². The molecule has 2 aromatic rings. The molecule has 3 nitrogen and oxygen atoms in total. The van der Waals surface area contributed by atoms with Crippen molar-refractivity contribution in [3.8, 4) is 0 Å². The lowest BCUT2D eigenvalue weighted by Gasteiger charge is -2.23. The molecule has 0 spiro atoms. The molecule has 0 amide bonds. The topological polar surface area (TPSA) is 18.6 Å². The largest absolute Gasteiger partial charge is 0.315 e. The van der Waals surface area contributed by atoms with Gasteiger partial charge in [-0.2, -0.15) is 0 Å². The van der Waals surface area contributed by atoms with Gasteiger partial charge in [0, 0.05) is 24.3 Å². The summed E-state index contributed by atoms with van der Waals surface area (Å²) < 4.78 is 2.05. The Morgan fingerprint density at radius 1 is 1.05 bits per heavy atom. The normalized spacial score (nSPS) is 14.1. The highest BCUT2D eigenvalue weighted by atomic mass is 15.4. The summed E-state index contributed by atoms with van der Waals surface area (Å²) in [6, 6.07) is 14.6. The summed E-state index contributed by atoms with van der Waals surface area (Å²) in [4.78, 5) is 2.24. The van der Waals surface area contributed by atoms with Gasteiger partial charge in [-0.25, -0.2) is 0 Å². The van der Waals surface area contributed by atoms with E-state index in [1.54, 1.807) is 0 Å². The lowest BCUT2D eigenvalue weighted by Crippen LogP contribution is -2.28. The first-order valence-corrected chi connectivity index (χ1v) is 6.52.